The molecule has 0 fully saturated rings. The van der Waals surface area contributed by atoms with E-state index in [1.807, 2.05) is 30.3 Å². The summed E-state index contributed by atoms with van der Waals surface area (Å²) in [6, 6.07) is 58.7. The van der Waals surface area contributed by atoms with Gasteiger partial charge in [0.15, 0.2) is 23.7 Å². The SMILES string of the molecule is c1ccc(-c2ccc(-c3nc(-c4ccc(-c5ccccc5)cc4)nc(-c4cccc5c4sc4c(C6Nc7ccccc7O6)cccc45)n3)cc2)cc1. The normalized spacial score (nSPS) is 13.5. The summed E-state index contributed by atoms with van der Waals surface area (Å²) in [5.41, 5.74) is 9.57. The number of benzene rings is 7. The number of rotatable bonds is 6. The second-order valence-electron chi connectivity index (χ2n) is 12.8. The van der Waals surface area contributed by atoms with Crippen molar-refractivity contribution in [3.63, 3.8) is 0 Å². The van der Waals surface area contributed by atoms with Gasteiger partial charge in [-0.3, -0.25) is 0 Å². The first-order chi connectivity index (χ1) is 25.7. The second kappa shape index (κ2) is 12.6. The van der Waals surface area contributed by atoms with Gasteiger partial charge in [-0.15, -0.1) is 11.3 Å². The van der Waals surface area contributed by atoms with Crippen molar-refractivity contribution in [1.29, 1.82) is 0 Å². The lowest BCUT2D eigenvalue weighted by Gasteiger charge is -2.12. The number of hydrogen-bond acceptors (Lipinski definition) is 6. The first kappa shape index (κ1) is 30.2. The van der Waals surface area contributed by atoms with Crippen LogP contribution in [0.3, 0.4) is 0 Å². The molecule has 0 saturated heterocycles. The van der Waals surface area contributed by atoms with Gasteiger partial charge in [0.2, 0.25) is 0 Å². The summed E-state index contributed by atoms with van der Waals surface area (Å²) in [5, 5.41) is 5.91. The van der Waals surface area contributed by atoms with Crippen LogP contribution in [0.2, 0.25) is 0 Å². The molecule has 10 rings (SSSR count). The molecule has 1 unspecified atom stereocenters. The summed E-state index contributed by atoms with van der Waals surface area (Å²) < 4.78 is 8.68. The van der Waals surface area contributed by atoms with Crippen molar-refractivity contribution >= 4 is 37.2 Å². The summed E-state index contributed by atoms with van der Waals surface area (Å²) in [6.07, 6.45) is -0.272. The second-order valence-corrected chi connectivity index (χ2v) is 13.9. The van der Waals surface area contributed by atoms with E-state index in [0.717, 1.165) is 54.9 Å². The summed E-state index contributed by atoms with van der Waals surface area (Å²) in [6.45, 7) is 0. The highest BCUT2D eigenvalue weighted by molar-refractivity contribution is 7.26. The van der Waals surface area contributed by atoms with Crippen molar-refractivity contribution in [3.8, 4) is 62.2 Å². The molecule has 6 heteroatoms. The standard InChI is InChI=1S/C46H30N4OS/c1-3-11-29(12-4-1)31-21-25-33(26-22-31)43-48-44(34-27-23-32(24-28-34)30-13-5-2-6-14-30)50-45(49-43)37-17-9-15-35-36-16-10-18-38(42(36)52-41(35)37)46-47-39-19-7-8-20-40(39)51-46/h1-28,46-47H. The third-order valence-electron chi connectivity index (χ3n) is 9.63. The Labute approximate surface area is 304 Å². The Morgan fingerprint density at radius 3 is 1.54 bits per heavy atom. The molecule has 5 nitrogen and oxygen atoms in total. The van der Waals surface area contributed by atoms with Crippen LogP contribution in [0.15, 0.2) is 170 Å². The molecule has 52 heavy (non-hydrogen) atoms. The molecule has 0 radical (unpaired) electrons. The number of fused-ring (bicyclic) bond motifs is 4. The Morgan fingerprint density at radius 1 is 0.423 bits per heavy atom. The number of thiophene rings is 1. The summed E-state index contributed by atoms with van der Waals surface area (Å²) in [4.78, 5) is 15.4. The van der Waals surface area contributed by atoms with Gasteiger partial charge in [0, 0.05) is 42.4 Å². The van der Waals surface area contributed by atoms with Crippen molar-refractivity contribution in [1.82, 2.24) is 15.0 Å². The summed E-state index contributed by atoms with van der Waals surface area (Å²) in [7, 11) is 0. The maximum atomic E-state index is 6.38. The van der Waals surface area contributed by atoms with Crippen LogP contribution >= 0.6 is 11.3 Å². The number of hydrogen-bond donors (Lipinski definition) is 1. The number of nitrogens with one attached hydrogen (secondary N) is 1. The molecule has 246 valence electrons. The fraction of sp³-hybridized carbons (Fsp3) is 0.0217. The molecule has 0 bridgehead atoms. The van der Waals surface area contributed by atoms with E-state index in [0.29, 0.717) is 17.5 Å². The topological polar surface area (TPSA) is 59.9 Å². The van der Waals surface area contributed by atoms with Crippen LogP contribution in [0, 0.1) is 0 Å². The van der Waals surface area contributed by atoms with Gasteiger partial charge in [0.1, 0.15) is 5.75 Å². The molecule has 1 N–H and O–H groups in total. The molecule has 0 spiro atoms. The first-order valence-electron chi connectivity index (χ1n) is 17.3. The smallest absolute Gasteiger partial charge is 0.198 e. The Hall–Kier alpha value is -6.63. The van der Waals surface area contributed by atoms with Gasteiger partial charge in [-0.1, -0.05) is 152 Å². The molecule has 1 atom stereocenters. The summed E-state index contributed by atoms with van der Waals surface area (Å²) >= 11 is 1.76. The van der Waals surface area contributed by atoms with Gasteiger partial charge >= 0.3 is 0 Å². The fourth-order valence-electron chi connectivity index (χ4n) is 6.99. The average Bonchev–Trinajstić information content (AvgIpc) is 3.84. The van der Waals surface area contributed by atoms with Crippen molar-refractivity contribution in [2.24, 2.45) is 0 Å². The molecule has 0 aliphatic carbocycles. The largest absolute Gasteiger partial charge is 0.464 e. The summed E-state index contributed by atoms with van der Waals surface area (Å²) in [5.74, 6) is 2.77. The van der Waals surface area contributed by atoms with Crippen LogP contribution in [-0.4, -0.2) is 15.0 Å². The number of anilines is 1. The number of aromatic nitrogens is 3. The maximum Gasteiger partial charge on any atom is 0.198 e. The quantitative estimate of drug-likeness (QED) is 0.189. The van der Waals surface area contributed by atoms with Gasteiger partial charge in [0.25, 0.3) is 0 Å². The zero-order valence-corrected chi connectivity index (χ0v) is 28.7. The van der Waals surface area contributed by atoms with Gasteiger partial charge in [0.05, 0.1) is 5.69 Å². The molecule has 1 aliphatic rings. The Kier molecular flexibility index (Phi) is 7.32. The van der Waals surface area contributed by atoms with Gasteiger partial charge in [-0.05, 0) is 40.5 Å². The lowest BCUT2D eigenvalue weighted by atomic mass is 10.0. The minimum atomic E-state index is -0.272. The first-order valence-corrected chi connectivity index (χ1v) is 18.1. The number of para-hydroxylation sites is 2. The number of nitrogens with zero attached hydrogens (tertiary/aromatic N) is 3. The fourth-order valence-corrected chi connectivity index (χ4v) is 8.33. The molecule has 2 aromatic heterocycles. The van der Waals surface area contributed by atoms with E-state index in [2.05, 4.69) is 145 Å². The van der Waals surface area contributed by atoms with E-state index in [1.165, 1.54) is 21.2 Å². The zero-order chi connectivity index (χ0) is 34.4. The van der Waals surface area contributed by atoms with Crippen LogP contribution in [0.4, 0.5) is 5.69 Å². The molecule has 0 amide bonds. The van der Waals surface area contributed by atoms with E-state index in [-0.39, 0.29) is 6.23 Å². The van der Waals surface area contributed by atoms with Crippen LogP contribution in [-0.2, 0) is 0 Å². The molecular weight excluding hydrogens is 657 g/mol. The van der Waals surface area contributed by atoms with E-state index in [9.17, 15) is 0 Å². The maximum absolute atomic E-state index is 6.38. The Morgan fingerprint density at radius 2 is 0.923 bits per heavy atom. The van der Waals surface area contributed by atoms with E-state index in [4.69, 9.17) is 19.7 Å². The van der Waals surface area contributed by atoms with Crippen LogP contribution < -0.4 is 10.1 Å². The molecule has 7 aromatic carbocycles. The van der Waals surface area contributed by atoms with Gasteiger partial charge in [-0.2, -0.15) is 0 Å². The lowest BCUT2D eigenvalue weighted by molar-refractivity contribution is 0.261. The van der Waals surface area contributed by atoms with Gasteiger partial charge < -0.3 is 10.1 Å². The highest BCUT2D eigenvalue weighted by atomic mass is 32.1. The predicted molar refractivity (Wildman–Crippen MR) is 213 cm³/mol. The molecule has 0 saturated carbocycles. The Bertz CT molecular complexity index is 2600. The average molecular weight is 687 g/mol. The van der Waals surface area contributed by atoms with Crippen molar-refractivity contribution in [2.75, 3.05) is 5.32 Å². The minimum absolute atomic E-state index is 0.272. The third-order valence-corrected chi connectivity index (χ3v) is 10.9. The zero-order valence-electron chi connectivity index (χ0n) is 27.9. The third kappa shape index (κ3) is 5.37. The van der Waals surface area contributed by atoms with Crippen molar-refractivity contribution in [2.45, 2.75) is 6.23 Å². The molecule has 9 aromatic rings. The van der Waals surface area contributed by atoms with Crippen LogP contribution in [0.5, 0.6) is 5.75 Å². The van der Waals surface area contributed by atoms with Crippen LogP contribution in [0.1, 0.15) is 11.8 Å². The van der Waals surface area contributed by atoms with E-state index >= 15 is 0 Å². The molecular formula is C46H30N4OS. The van der Waals surface area contributed by atoms with Crippen LogP contribution in [0.25, 0.3) is 76.6 Å². The van der Waals surface area contributed by atoms with Crippen molar-refractivity contribution in [3.05, 3.63) is 175 Å². The number of ether oxygens (including phenoxy) is 1. The predicted octanol–water partition coefficient (Wildman–Crippen LogP) is 12.1. The monoisotopic (exact) mass is 686 g/mol. The highest BCUT2D eigenvalue weighted by Crippen LogP contribution is 2.45. The van der Waals surface area contributed by atoms with E-state index < -0.39 is 0 Å². The Balaban J connectivity index is 1.11. The minimum Gasteiger partial charge on any atom is -0.464 e. The van der Waals surface area contributed by atoms with Gasteiger partial charge in [-0.25, -0.2) is 15.0 Å². The molecule has 3 heterocycles. The lowest BCUT2D eigenvalue weighted by Crippen LogP contribution is -2.10. The van der Waals surface area contributed by atoms with E-state index in [1.54, 1.807) is 11.3 Å². The molecule has 1 aliphatic heterocycles. The highest BCUT2D eigenvalue weighted by Gasteiger charge is 2.26. The van der Waals surface area contributed by atoms with Crippen molar-refractivity contribution < 1.29 is 4.74 Å².